The Morgan fingerprint density at radius 3 is 2.76 bits per heavy atom. The molecule has 0 saturated heterocycles. The zero-order chi connectivity index (χ0) is 20.3. The number of para-hydroxylation sites is 1. The maximum atomic E-state index is 10.9. The molecule has 1 heterocycles. The highest BCUT2D eigenvalue weighted by Crippen LogP contribution is 2.50. The highest BCUT2D eigenvalue weighted by Gasteiger charge is 2.45. The van der Waals surface area contributed by atoms with E-state index in [-0.39, 0.29) is 12.0 Å². The lowest BCUT2D eigenvalue weighted by molar-refractivity contribution is -0.119. The number of nitrogens with one attached hydrogen (secondary N) is 1. The summed E-state index contributed by atoms with van der Waals surface area (Å²) in [5.41, 5.74) is 9.19. The molecule has 2 aromatic rings. The van der Waals surface area contributed by atoms with Gasteiger partial charge in [-0.15, -0.1) is 0 Å². The van der Waals surface area contributed by atoms with E-state index >= 15 is 0 Å². The molecule has 4 rings (SSSR count). The number of ether oxygens (including phenoxy) is 1. The largest absolute Gasteiger partial charge is 0.484 e. The number of carbonyl (C=O) groups is 1. The van der Waals surface area contributed by atoms with Gasteiger partial charge in [0.05, 0.1) is 0 Å². The molecule has 2 aromatic carbocycles. The molecule has 1 aliphatic carbocycles. The first kappa shape index (κ1) is 19.3. The number of aliphatic imine (C=N–C) groups is 1. The smallest absolute Gasteiger partial charge is 0.255 e. The first-order chi connectivity index (χ1) is 14.1. The van der Waals surface area contributed by atoms with Crippen LogP contribution < -0.4 is 20.7 Å². The van der Waals surface area contributed by atoms with Crippen molar-refractivity contribution in [2.45, 2.75) is 37.6 Å². The molecule has 1 spiro atoms. The highest BCUT2D eigenvalue weighted by atomic mass is 16.5. The fraction of sp³-hybridized carbons (Fsp3) is 0.391. The number of rotatable bonds is 5. The molecule has 0 radical (unpaired) electrons. The molecule has 29 heavy (non-hydrogen) atoms. The molecule has 1 fully saturated rings. The number of nitrogens with two attached hydrogens (primary N) is 1. The van der Waals surface area contributed by atoms with Crippen molar-refractivity contribution in [2.75, 3.05) is 25.1 Å². The first-order valence-electron chi connectivity index (χ1n) is 10.2. The van der Waals surface area contributed by atoms with E-state index in [4.69, 9.17) is 10.5 Å². The Hall–Kier alpha value is -3.02. The summed E-state index contributed by atoms with van der Waals surface area (Å²) >= 11 is 0. The fourth-order valence-electron chi connectivity index (χ4n) is 4.67. The van der Waals surface area contributed by atoms with Crippen LogP contribution in [-0.4, -0.2) is 32.1 Å². The molecule has 1 saturated carbocycles. The van der Waals surface area contributed by atoms with Crippen LogP contribution in [0.25, 0.3) is 0 Å². The van der Waals surface area contributed by atoms with Crippen molar-refractivity contribution >= 4 is 17.6 Å². The van der Waals surface area contributed by atoms with Gasteiger partial charge in [-0.3, -0.25) is 9.79 Å². The molecule has 3 N–H and O–H groups in total. The van der Waals surface area contributed by atoms with Crippen LogP contribution in [-0.2, 0) is 16.8 Å². The molecule has 0 unspecified atom stereocenters. The number of anilines is 1. The average Bonchev–Trinajstić information content (AvgIpc) is 3.34. The van der Waals surface area contributed by atoms with Gasteiger partial charge >= 0.3 is 0 Å². The standard InChI is InChI=1S/C23H28N4O2/c1-25-22(26-14-17-7-6-8-18(13-17)29-15-21(24)28)27-16-23(11-4-5-12-23)19-9-2-3-10-20(19)27/h2-3,6-10,13H,4-5,11-12,14-16H2,1H3,(H2,24,28)(H,25,26). The zero-order valence-electron chi connectivity index (χ0n) is 16.9. The number of hydrogen-bond donors (Lipinski definition) is 2. The Morgan fingerprint density at radius 2 is 2.00 bits per heavy atom. The van der Waals surface area contributed by atoms with Crippen LogP contribution in [0.4, 0.5) is 5.69 Å². The monoisotopic (exact) mass is 392 g/mol. The summed E-state index contributed by atoms with van der Waals surface area (Å²) in [6.07, 6.45) is 5.09. The number of hydrogen-bond acceptors (Lipinski definition) is 3. The van der Waals surface area contributed by atoms with Crippen LogP contribution in [0, 0.1) is 0 Å². The number of fused-ring (bicyclic) bond motifs is 2. The van der Waals surface area contributed by atoms with Crippen molar-refractivity contribution in [3.8, 4) is 5.75 Å². The van der Waals surface area contributed by atoms with Crippen molar-refractivity contribution in [3.63, 3.8) is 0 Å². The molecule has 0 bridgehead atoms. The van der Waals surface area contributed by atoms with Crippen LogP contribution in [0.15, 0.2) is 53.5 Å². The van der Waals surface area contributed by atoms with E-state index in [1.807, 2.05) is 31.3 Å². The van der Waals surface area contributed by atoms with Crippen molar-refractivity contribution in [2.24, 2.45) is 10.7 Å². The van der Waals surface area contributed by atoms with Gasteiger partial charge in [0.1, 0.15) is 5.75 Å². The number of carbonyl (C=O) groups excluding carboxylic acids is 1. The Morgan fingerprint density at radius 1 is 1.21 bits per heavy atom. The molecule has 6 heteroatoms. The summed E-state index contributed by atoms with van der Waals surface area (Å²) in [6, 6.07) is 16.4. The molecule has 0 atom stereocenters. The van der Waals surface area contributed by atoms with Gasteiger partial charge in [-0.05, 0) is 42.2 Å². The van der Waals surface area contributed by atoms with Gasteiger partial charge in [-0.25, -0.2) is 0 Å². The van der Waals surface area contributed by atoms with Crippen LogP contribution in [0.5, 0.6) is 5.75 Å². The number of nitrogens with zero attached hydrogens (tertiary/aromatic N) is 2. The summed E-state index contributed by atoms with van der Waals surface area (Å²) in [5, 5.41) is 3.50. The number of amides is 1. The highest BCUT2D eigenvalue weighted by molar-refractivity contribution is 5.98. The predicted octanol–water partition coefficient (Wildman–Crippen LogP) is 2.96. The van der Waals surface area contributed by atoms with E-state index < -0.39 is 5.91 Å². The predicted molar refractivity (Wildman–Crippen MR) is 115 cm³/mol. The SMILES string of the molecule is CN=C(NCc1cccc(OCC(N)=O)c1)N1CC2(CCCC2)c2ccccc21. The third-order valence-corrected chi connectivity index (χ3v) is 5.99. The van der Waals surface area contributed by atoms with E-state index in [1.165, 1.54) is 36.9 Å². The minimum Gasteiger partial charge on any atom is -0.484 e. The lowest BCUT2D eigenvalue weighted by Gasteiger charge is -2.26. The second kappa shape index (κ2) is 8.15. The lowest BCUT2D eigenvalue weighted by atomic mass is 9.81. The van der Waals surface area contributed by atoms with Gasteiger partial charge in [-0.1, -0.05) is 43.2 Å². The molecular formula is C23H28N4O2. The Labute approximate surface area is 171 Å². The molecule has 1 aliphatic heterocycles. The lowest BCUT2D eigenvalue weighted by Crippen LogP contribution is -2.43. The Kier molecular flexibility index (Phi) is 5.43. The summed E-state index contributed by atoms with van der Waals surface area (Å²) in [5.74, 6) is 1.03. The average molecular weight is 393 g/mol. The van der Waals surface area contributed by atoms with Crippen molar-refractivity contribution in [3.05, 3.63) is 59.7 Å². The topological polar surface area (TPSA) is 80.0 Å². The Bertz CT molecular complexity index is 919. The minimum atomic E-state index is -0.484. The molecule has 152 valence electrons. The third-order valence-electron chi connectivity index (χ3n) is 5.99. The third kappa shape index (κ3) is 3.92. The molecule has 6 nitrogen and oxygen atoms in total. The zero-order valence-corrected chi connectivity index (χ0v) is 16.9. The minimum absolute atomic E-state index is 0.120. The number of guanidine groups is 1. The van der Waals surface area contributed by atoms with E-state index in [1.54, 1.807) is 0 Å². The van der Waals surface area contributed by atoms with Crippen LogP contribution >= 0.6 is 0 Å². The van der Waals surface area contributed by atoms with Gasteiger partial charge in [0, 0.05) is 31.2 Å². The molecule has 0 aromatic heterocycles. The second-order valence-corrected chi connectivity index (χ2v) is 7.89. The van der Waals surface area contributed by atoms with Crippen molar-refractivity contribution in [1.82, 2.24) is 5.32 Å². The maximum Gasteiger partial charge on any atom is 0.255 e. The molecule has 1 amide bonds. The van der Waals surface area contributed by atoms with Crippen LogP contribution in [0.2, 0.25) is 0 Å². The van der Waals surface area contributed by atoms with E-state index in [0.29, 0.717) is 12.3 Å². The number of primary amides is 1. The maximum absolute atomic E-state index is 10.9. The Balaban J connectivity index is 1.48. The van der Waals surface area contributed by atoms with Gasteiger partial charge in [0.25, 0.3) is 5.91 Å². The fourth-order valence-corrected chi connectivity index (χ4v) is 4.67. The van der Waals surface area contributed by atoms with Crippen molar-refractivity contribution < 1.29 is 9.53 Å². The van der Waals surface area contributed by atoms with Crippen molar-refractivity contribution in [1.29, 1.82) is 0 Å². The van der Waals surface area contributed by atoms with Gasteiger partial charge < -0.3 is 20.7 Å². The summed E-state index contributed by atoms with van der Waals surface area (Å²) in [7, 11) is 1.83. The molecule has 2 aliphatic rings. The summed E-state index contributed by atoms with van der Waals surface area (Å²) in [4.78, 5) is 17.8. The van der Waals surface area contributed by atoms with Gasteiger partial charge in [0.15, 0.2) is 12.6 Å². The summed E-state index contributed by atoms with van der Waals surface area (Å²) in [6.45, 7) is 1.48. The van der Waals surface area contributed by atoms with Gasteiger partial charge in [0.2, 0.25) is 0 Å². The normalized spacial score (nSPS) is 17.4. The summed E-state index contributed by atoms with van der Waals surface area (Å²) < 4.78 is 5.41. The molecular weight excluding hydrogens is 364 g/mol. The van der Waals surface area contributed by atoms with E-state index in [9.17, 15) is 4.79 Å². The van der Waals surface area contributed by atoms with E-state index in [0.717, 1.165) is 18.1 Å². The quantitative estimate of drug-likeness (QED) is 0.606. The number of benzene rings is 2. The first-order valence-corrected chi connectivity index (χ1v) is 10.2. The van der Waals surface area contributed by atoms with Crippen LogP contribution in [0.3, 0.4) is 0 Å². The second-order valence-electron chi connectivity index (χ2n) is 7.89. The van der Waals surface area contributed by atoms with Gasteiger partial charge in [-0.2, -0.15) is 0 Å². The van der Waals surface area contributed by atoms with Crippen LogP contribution in [0.1, 0.15) is 36.8 Å². The van der Waals surface area contributed by atoms with E-state index in [2.05, 4.69) is 39.5 Å².